The Morgan fingerprint density at radius 2 is 2.30 bits per heavy atom. The van der Waals surface area contributed by atoms with Crippen LogP contribution in [0.1, 0.15) is 19.8 Å². The molecular formula is C13H21N5O2. The Kier molecular flexibility index (Phi) is 5.11. The SMILES string of the molecule is C[C@H](O)CNC(=O)N[C@H]1CCCN(c2ncccn2)C1. The normalized spacial score (nSPS) is 20.3. The maximum absolute atomic E-state index is 11.7. The molecule has 0 radical (unpaired) electrons. The molecule has 0 saturated carbocycles. The molecule has 2 rings (SSSR count). The molecule has 0 spiro atoms. The number of rotatable bonds is 4. The van der Waals surface area contributed by atoms with E-state index in [1.807, 2.05) is 0 Å². The van der Waals surface area contributed by atoms with E-state index in [1.165, 1.54) is 0 Å². The molecular weight excluding hydrogens is 258 g/mol. The molecule has 2 atom stereocenters. The lowest BCUT2D eigenvalue weighted by atomic mass is 10.1. The lowest BCUT2D eigenvalue weighted by Gasteiger charge is -2.33. The van der Waals surface area contributed by atoms with Crippen molar-refractivity contribution in [3.63, 3.8) is 0 Å². The average molecular weight is 279 g/mol. The summed E-state index contributed by atoms with van der Waals surface area (Å²) in [6.45, 7) is 3.49. The van der Waals surface area contributed by atoms with Gasteiger partial charge in [-0.3, -0.25) is 0 Å². The zero-order chi connectivity index (χ0) is 14.4. The first-order chi connectivity index (χ1) is 9.65. The molecule has 3 N–H and O–H groups in total. The minimum Gasteiger partial charge on any atom is -0.392 e. The number of hydrogen-bond donors (Lipinski definition) is 3. The minimum absolute atomic E-state index is 0.0709. The number of carbonyl (C=O) groups excluding carboxylic acids is 1. The first-order valence-electron chi connectivity index (χ1n) is 6.89. The van der Waals surface area contributed by atoms with E-state index in [1.54, 1.807) is 25.4 Å². The summed E-state index contributed by atoms with van der Waals surface area (Å²) < 4.78 is 0. The molecule has 1 aliphatic rings. The summed E-state index contributed by atoms with van der Waals surface area (Å²) in [6.07, 6.45) is 4.82. The number of aliphatic hydroxyl groups excluding tert-OH is 1. The third-order valence-corrected chi connectivity index (χ3v) is 3.15. The van der Waals surface area contributed by atoms with Crippen molar-refractivity contribution in [1.29, 1.82) is 0 Å². The van der Waals surface area contributed by atoms with Gasteiger partial charge in [0.15, 0.2) is 0 Å². The molecule has 20 heavy (non-hydrogen) atoms. The molecule has 2 heterocycles. The van der Waals surface area contributed by atoms with Crippen LogP contribution in [-0.2, 0) is 0 Å². The maximum atomic E-state index is 11.7. The Labute approximate surface area is 118 Å². The topological polar surface area (TPSA) is 90.4 Å². The Morgan fingerprint density at radius 1 is 1.55 bits per heavy atom. The second-order valence-corrected chi connectivity index (χ2v) is 5.04. The monoisotopic (exact) mass is 279 g/mol. The highest BCUT2D eigenvalue weighted by Crippen LogP contribution is 2.14. The molecule has 1 saturated heterocycles. The van der Waals surface area contributed by atoms with Crippen molar-refractivity contribution in [3.8, 4) is 0 Å². The van der Waals surface area contributed by atoms with Crippen LogP contribution < -0.4 is 15.5 Å². The maximum Gasteiger partial charge on any atom is 0.315 e. The molecule has 7 heteroatoms. The predicted octanol–water partition coefficient (Wildman–Crippen LogP) is 0.125. The number of piperidine rings is 1. The van der Waals surface area contributed by atoms with Crippen molar-refractivity contribution in [2.75, 3.05) is 24.5 Å². The number of aromatic nitrogens is 2. The fraction of sp³-hybridized carbons (Fsp3) is 0.615. The van der Waals surface area contributed by atoms with Gasteiger partial charge in [-0.15, -0.1) is 0 Å². The van der Waals surface area contributed by atoms with Crippen LogP contribution in [-0.4, -0.2) is 52.9 Å². The number of nitrogens with zero attached hydrogens (tertiary/aromatic N) is 3. The number of anilines is 1. The van der Waals surface area contributed by atoms with Gasteiger partial charge in [-0.1, -0.05) is 0 Å². The Hall–Kier alpha value is -1.89. The van der Waals surface area contributed by atoms with E-state index in [2.05, 4.69) is 25.5 Å². The van der Waals surface area contributed by atoms with E-state index in [-0.39, 0.29) is 18.6 Å². The van der Waals surface area contributed by atoms with Crippen LogP contribution in [0.4, 0.5) is 10.7 Å². The lowest BCUT2D eigenvalue weighted by Crippen LogP contribution is -2.51. The van der Waals surface area contributed by atoms with E-state index in [9.17, 15) is 4.79 Å². The van der Waals surface area contributed by atoms with Gasteiger partial charge in [0.05, 0.1) is 6.10 Å². The van der Waals surface area contributed by atoms with Crippen LogP contribution in [0, 0.1) is 0 Å². The van der Waals surface area contributed by atoms with Crippen LogP contribution in [0.15, 0.2) is 18.5 Å². The molecule has 7 nitrogen and oxygen atoms in total. The molecule has 0 aromatic carbocycles. The quantitative estimate of drug-likeness (QED) is 0.728. The molecule has 0 bridgehead atoms. The van der Waals surface area contributed by atoms with E-state index in [4.69, 9.17) is 5.11 Å². The van der Waals surface area contributed by atoms with Gasteiger partial charge in [0.25, 0.3) is 0 Å². The number of urea groups is 1. The third kappa shape index (κ3) is 4.34. The second kappa shape index (κ2) is 7.04. The van der Waals surface area contributed by atoms with Crippen LogP contribution in [0.3, 0.4) is 0 Å². The highest BCUT2D eigenvalue weighted by molar-refractivity contribution is 5.74. The van der Waals surface area contributed by atoms with Gasteiger partial charge >= 0.3 is 6.03 Å². The number of carbonyl (C=O) groups is 1. The summed E-state index contributed by atoms with van der Waals surface area (Å²) in [7, 11) is 0. The third-order valence-electron chi connectivity index (χ3n) is 3.15. The Bertz CT molecular complexity index is 426. The summed E-state index contributed by atoms with van der Waals surface area (Å²) in [6, 6.07) is 1.61. The van der Waals surface area contributed by atoms with Crippen molar-refractivity contribution in [3.05, 3.63) is 18.5 Å². The van der Waals surface area contributed by atoms with Crippen molar-refractivity contribution < 1.29 is 9.90 Å². The summed E-state index contributed by atoms with van der Waals surface area (Å²) in [5.41, 5.74) is 0. The number of nitrogens with one attached hydrogen (secondary N) is 2. The van der Waals surface area contributed by atoms with E-state index >= 15 is 0 Å². The largest absolute Gasteiger partial charge is 0.392 e. The van der Waals surface area contributed by atoms with Crippen LogP contribution in [0.5, 0.6) is 0 Å². The first-order valence-corrected chi connectivity index (χ1v) is 6.89. The molecule has 110 valence electrons. The van der Waals surface area contributed by atoms with Crippen LogP contribution >= 0.6 is 0 Å². The molecule has 0 unspecified atom stereocenters. The van der Waals surface area contributed by atoms with E-state index in [0.717, 1.165) is 19.4 Å². The second-order valence-electron chi connectivity index (χ2n) is 5.04. The summed E-state index contributed by atoms with van der Waals surface area (Å²) in [5.74, 6) is 0.698. The molecule has 1 aromatic rings. The zero-order valence-electron chi connectivity index (χ0n) is 11.6. The highest BCUT2D eigenvalue weighted by Gasteiger charge is 2.22. The van der Waals surface area contributed by atoms with Crippen molar-refractivity contribution in [2.45, 2.75) is 31.9 Å². The summed E-state index contributed by atoms with van der Waals surface area (Å²) in [5, 5.41) is 14.7. The van der Waals surface area contributed by atoms with Crippen molar-refractivity contribution in [2.24, 2.45) is 0 Å². The minimum atomic E-state index is -0.540. The smallest absolute Gasteiger partial charge is 0.315 e. The molecule has 1 fully saturated rings. The van der Waals surface area contributed by atoms with E-state index in [0.29, 0.717) is 12.5 Å². The van der Waals surface area contributed by atoms with Gasteiger partial charge in [0.1, 0.15) is 0 Å². The highest BCUT2D eigenvalue weighted by atomic mass is 16.3. The first kappa shape index (κ1) is 14.5. The summed E-state index contributed by atoms with van der Waals surface area (Å²) >= 11 is 0. The van der Waals surface area contributed by atoms with Gasteiger partial charge in [-0.25, -0.2) is 14.8 Å². The standard InChI is InChI=1S/C13H21N5O2/c1-10(19)8-16-13(20)17-11-4-2-7-18(9-11)12-14-5-3-6-15-12/h3,5-6,10-11,19H,2,4,7-9H2,1H3,(H2,16,17,20)/t10-,11-/m0/s1. The van der Waals surface area contributed by atoms with Gasteiger partial charge in [0.2, 0.25) is 5.95 Å². The Morgan fingerprint density at radius 3 is 3.00 bits per heavy atom. The molecule has 0 aliphatic carbocycles. The molecule has 2 amide bonds. The number of hydrogen-bond acceptors (Lipinski definition) is 5. The van der Waals surface area contributed by atoms with Gasteiger partial charge in [-0.2, -0.15) is 0 Å². The average Bonchev–Trinajstić information content (AvgIpc) is 2.46. The van der Waals surface area contributed by atoms with Crippen LogP contribution in [0.25, 0.3) is 0 Å². The van der Waals surface area contributed by atoms with Gasteiger partial charge < -0.3 is 20.6 Å². The van der Waals surface area contributed by atoms with Crippen molar-refractivity contribution in [1.82, 2.24) is 20.6 Å². The fourth-order valence-electron chi connectivity index (χ4n) is 2.21. The number of amides is 2. The number of aliphatic hydroxyl groups is 1. The van der Waals surface area contributed by atoms with Crippen LogP contribution in [0.2, 0.25) is 0 Å². The van der Waals surface area contributed by atoms with Gasteiger partial charge in [0, 0.05) is 38.1 Å². The zero-order valence-corrected chi connectivity index (χ0v) is 11.6. The molecule has 1 aromatic heterocycles. The van der Waals surface area contributed by atoms with E-state index < -0.39 is 6.10 Å². The molecule has 1 aliphatic heterocycles. The fourth-order valence-corrected chi connectivity index (χ4v) is 2.21. The predicted molar refractivity (Wildman–Crippen MR) is 75.5 cm³/mol. The summed E-state index contributed by atoms with van der Waals surface area (Å²) in [4.78, 5) is 22.2. The van der Waals surface area contributed by atoms with Crippen molar-refractivity contribution >= 4 is 12.0 Å². The lowest BCUT2D eigenvalue weighted by molar-refractivity contribution is 0.186. The van der Waals surface area contributed by atoms with Gasteiger partial charge in [-0.05, 0) is 25.8 Å². The Balaban J connectivity index is 1.83.